The Labute approximate surface area is 58.9 Å². The van der Waals surface area contributed by atoms with Crippen molar-refractivity contribution in [1.29, 1.82) is 0 Å². The van der Waals surface area contributed by atoms with E-state index in [1.807, 2.05) is 0 Å². The fourth-order valence-corrected chi connectivity index (χ4v) is 0.287. The summed E-state index contributed by atoms with van der Waals surface area (Å²) in [6.07, 6.45) is 0. The normalized spacial score (nSPS) is 8.57. The van der Waals surface area contributed by atoms with Crippen LogP contribution >= 0.6 is 35.6 Å². The first-order chi connectivity index (χ1) is 2.81. The van der Waals surface area contributed by atoms with Crippen LogP contribution in [0.2, 0.25) is 0 Å². The highest BCUT2D eigenvalue weighted by Gasteiger charge is 1.85. The van der Waals surface area contributed by atoms with Crippen LogP contribution in [-0.4, -0.2) is 17.0 Å². The maximum atomic E-state index is 5.17. The average molecular weight is 165 g/mol. The average Bonchev–Trinajstić information content (AvgIpc) is 1.65. The van der Waals surface area contributed by atoms with Crippen LogP contribution in [0.4, 0.5) is 0 Å². The van der Waals surface area contributed by atoms with Crippen molar-refractivity contribution < 1.29 is 0 Å². The summed E-state index contributed by atoms with van der Waals surface area (Å²) in [4.78, 5) is 0. The molecule has 0 bridgehead atoms. The number of nitrogens with zero attached hydrogens (tertiary/aromatic N) is 1. The van der Waals surface area contributed by atoms with Crippen LogP contribution in [0.5, 0.6) is 0 Å². The summed E-state index contributed by atoms with van der Waals surface area (Å²) in [6, 6.07) is 0.563. The van der Waals surface area contributed by atoms with E-state index in [0.29, 0.717) is 0 Å². The lowest BCUT2D eigenvalue weighted by Gasteiger charge is -2.03. The quantitative estimate of drug-likeness (QED) is 0.286. The molecular formula is C2H7Cl3N2. The summed E-state index contributed by atoms with van der Waals surface area (Å²) in [5.74, 6) is 5.04. The Morgan fingerprint density at radius 3 is 1.57 bits per heavy atom. The van der Waals surface area contributed by atoms with Crippen LogP contribution in [0.25, 0.3) is 0 Å². The second-order valence-electron chi connectivity index (χ2n) is 0.828. The summed E-state index contributed by atoms with van der Waals surface area (Å²) in [5.41, 5.74) is 0. The number of hydrogen-bond acceptors (Lipinski definition) is 2. The maximum Gasteiger partial charge on any atom is 0.0885 e. The second kappa shape index (κ2) is 6.79. The standard InChI is InChI=1S/C2H6Cl2N2.ClH/c3-1-6(5)2-4;/h1-2,5H2;1H. The minimum Gasteiger partial charge on any atom is -0.267 e. The molecular weight excluding hydrogens is 158 g/mol. The molecule has 0 aliphatic heterocycles. The zero-order chi connectivity index (χ0) is 4.99. The Balaban J connectivity index is 0. The maximum absolute atomic E-state index is 5.17. The van der Waals surface area contributed by atoms with E-state index >= 15 is 0 Å². The SMILES string of the molecule is Cl.NN(CCl)CCl. The molecule has 0 fully saturated rings. The van der Waals surface area contributed by atoms with Crippen molar-refractivity contribution in [1.82, 2.24) is 5.01 Å². The monoisotopic (exact) mass is 164 g/mol. The van der Waals surface area contributed by atoms with Gasteiger partial charge in [0.2, 0.25) is 0 Å². The lowest BCUT2D eigenvalue weighted by atomic mass is 11.2. The molecule has 0 spiro atoms. The summed E-state index contributed by atoms with van der Waals surface area (Å²) in [5, 5.41) is 1.28. The van der Waals surface area contributed by atoms with Gasteiger partial charge in [-0.3, -0.25) is 5.84 Å². The molecule has 0 amide bonds. The molecule has 7 heavy (non-hydrogen) atoms. The van der Waals surface area contributed by atoms with Gasteiger partial charge in [0.05, 0.1) is 12.0 Å². The lowest BCUT2D eigenvalue weighted by Crippen LogP contribution is -2.27. The molecule has 2 nitrogen and oxygen atoms in total. The van der Waals surface area contributed by atoms with Gasteiger partial charge in [0.1, 0.15) is 0 Å². The third kappa shape index (κ3) is 6.79. The molecule has 5 heteroatoms. The topological polar surface area (TPSA) is 29.3 Å². The first-order valence-corrected chi connectivity index (χ1v) is 2.49. The highest BCUT2D eigenvalue weighted by molar-refractivity contribution is 6.19. The highest BCUT2D eigenvalue weighted by atomic mass is 35.5. The highest BCUT2D eigenvalue weighted by Crippen LogP contribution is 1.82. The molecule has 0 radical (unpaired) electrons. The smallest absolute Gasteiger partial charge is 0.0885 e. The van der Waals surface area contributed by atoms with Crippen LogP contribution in [0, 0.1) is 0 Å². The van der Waals surface area contributed by atoms with Crippen molar-refractivity contribution >= 4 is 35.6 Å². The predicted octanol–water partition coefficient (Wildman–Crippen LogP) is 0.977. The van der Waals surface area contributed by atoms with Crippen molar-refractivity contribution in [3.63, 3.8) is 0 Å². The Morgan fingerprint density at radius 2 is 1.57 bits per heavy atom. The van der Waals surface area contributed by atoms with Gasteiger partial charge in [-0.1, -0.05) is 0 Å². The fraction of sp³-hybridized carbons (Fsp3) is 1.00. The van der Waals surface area contributed by atoms with Crippen LogP contribution in [0.3, 0.4) is 0 Å². The molecule has 0 aromatic heterocycles. The van der Waals surface area contributed by atoms with Gasteiger partial charge in [-0.05, 0) is 0 Å². The van der Waals surface area contributed by atoms with E-state index in [-0.39, 0.29) is 24.4 Å². The number of alkyl halides is 2. The van der Waals surface area contributed by atoms with Crippen LogP contribution in [-0.2, 0) is 0 Å². The fourth-order valence-electron chi connectivity index (χ4n) is 0.0319. The predicted molar refractivity (Wildman–Crippen MR) is 34.7 cm³/mol. The summed E-state index contributed by atoms with van der Waals surface area (Å²) in [7, 11) is 0. The number of hydrazine groups is 1. The zero-order valence-electron chi connectivity index (χ0n) is 3.60. The van der Waals surface area contributed by atoms with Crippen molar-refractivity contribution in [2.24, 2.45) is 5.84 Å². The Hall–Kier alpha value is 0.790. The van der Waals surface area contributed by atoms with E-state index in [9.17, 15) is 0 Å². The summed E-state index contributed by atoms with van der Waals surface area (Å²) in [6.45, 7) is 0. The van der Waals surface area contributed by atoms with Gasteiger partial charge in [0.25, 0.3) is 0 Å². The van der Waals surface area contributed by atoms with Gasteiger partial charge in [0.15, 0.2) is 0 Å². The number of rotatable bonds is 2. The van der Waals surface area contributed by atoms with Crippen molar-refractivity contribution in [3.8, 4) is 0 Å². The van der Waals surface area contributed by atoms with Gasteiger partial charge in [-0.15, -0.1) is 35.6 Å². The Kier molecular flexibility index (Phi) is 10.4. The zero-order valence-corrected chi connectivity index (χ0v) is 5.93. The Bertz CT molecular complexity index is 30.1. The van der Waals surface area contributed by atoms with E-state index in [2.05, 4.69) is 0 Å². The third-order valence-electron chi connectivity index (χ3n) is 0.307. The van der Waals surface area contributed by atoms with Gasteiger partial charge < -0.3 is 0 Å². The molecule has 0 heterocycles. The minimum atomic E-state index is 0. The molecule has 0 saturated heterocycles. The van der Waals surface area contributed by atoms with E-state index in [0.717, 1.165) is 0 Å². The number of nitrogens with two attached hydrogens (primary N) is 1. The van der Waals surface area contributed by atoms with Crippen LogP contribution < -0.4 is 5.84 Å². The Morgan fingerprint density at radius 1 is 1.29 bits per heavy atom. The van der Waals surface area contributed by atoms with Gasteiger partial charge in [0, 0.05) is 0 Å². The van der Waals surface area contributed by atoms with E-state index in [1.54, 1.807) is 0 Å². The largest absolute Gasteiger partial charge is 0.267 e. The van der Waals surface area contributed by atoms with Gasteiger partial charge in [-0.25, -0.2) is 5.01 Å². The summed E-state index contributed by atoms with van der Waals surface area (Å²) >= 11 is 10.3. The molecule has 0 aliphatic carbocycles. The van der Waals surface area contributed by atoms with Gasteiger partial charge >= 0.3 is 0 Å². The molecule has 0 saturated carbocycles. The van der Waals surface area contributed by atoms with E-state index in [4.69, 9.17) is 29.0 Å². The molecule has 0 unspecified atom stereocenters. The lowest BCUT2D eigenvalue weighted by molar-refractivity contribution is 0.389. The molecule has 2 N–H and O–H groups in total. The second-order valence-corrected chi connectivity index (χ2v) is 1.31. The molecule has 0 atom stereocenters. The molecule has 0 aliphatic rings. The van der Waals surface area contributed by atoms with E-state index in [1.165, 1.54) is 5.01 Å². The first kappa shape index (κ1) is 10.7. The van der Waals surface area contributed by atoms with Crippen molar-refractivity contribution in [3.05, 3.63) is 0 Å². The van der Waals surface area contributed by atoms with E-state index < -0.39 is 0 Å². The van der Waals surface area contributed by atoms with Gasteiger partial charge in [-0.2, -0.15) is 0 Å². The molecule has 0 aromatic rings. The first-order valence-electron chi connectivity index (χ1n) is 1.43. The number of halogens is 3. The molecule has 46 valence electrons. The van der Waals surface area contributed by atoms with Crippen molar-refractivity contribution in [2.45, 2.75) is 0 Å². The van der Waals surface area contributed by atoms with Crippen LogP contribution in [0.1, 0.15) is 0 Å². The minimum absolute atomic E-state index is 0. The third-order valence-corrected chi connectivity index (χ3v) is 0.921. The summed E-state index contributed by atoms with van der Waals surface area (Å²) < 4.78 is 0. The molecule has 0 aromatic carbocycles. The van der Waals surface area contributed by atoms with Crippen molar-refractivity contribution in [2.75, 3.05) is 12.0 Å². The number of hydrogen-bond donors (Lipinski definition) is 1. The van der Waals surface area contributed by atoms with Crippen LogP contribution in [0.15, 0.2) is 0 Å². The molecule has 0 rings (SSSR count).